The van der Waals surface area contributed by atoms with Crippen molar-refractivity contribution in [3.05, 3.63) is 84.9 Å². The van der Waals surface area contributed by atoms with E-state index in [9.17, 15) is 26.4 Å². The molecule has 242 valence electrons. The molecule has 5 nitrogen and oxygen atoms in total. The first-order chi connectivity index (χ1) is 21.2. The summed E-state index contributed by atoms with van der Waals surface area (Å²) in [4.78, 5) is 12.6. The fourth-order valence-electron chi connectivity index (χ4n) is 8.00. The summed E-state index contributed by atoms with van der Waals surface area (Å²) in [5.41, 5.74) is -0.756. The van der Waals surface area contributed by atoms with Crippen molar-refractivity contribution in [3.63, 3.8) is 0 Å². The average Bonchev–Trinajstić information content (AvgIpc) is 2.95. The van der Waals surface area contributed by atoms with Gasteiger partial charge in [0.15, 0.2) is 0 Å². The molecule has 3 aromatic rings. The summed E-state index contributed by atoms with van der Waals surface area (Å²) < 4.78 is 109. The summed E-state index contributed by atoms with van der Waals surface area (Å²) in [6.45, 7) is 0. The Hall–Kier alpha value is -2.96. The van der Waals surface area contributed by atoms with E-state index in [0.717, 1.165) is 19.3 Å². The first kappa shape index (κ1) is 32.0. The number of hydrogen-bond acceptors (Lipinski definition) is 5. The van der Waals surface area contributed by atoms with E-state index >= 15 is 8.78 Å². The van der Waals surface area contributed by atoms with Crippen LogP contribution < -0.4 is 4.74 Å². The predicted molar refractivity (Wildman–Crippen MR) is 158 cm³/mol. The van der Waals surface area contributed by atoms with Crippen molar-refractivity contribution in [2.24, 2.45) is 23.2 Å². The van der Waals surface area contributed by atoms with E-state index in [4.69, 9.17) is 8.37 Å². The monoisotopic (exact) mass is 668 g/mol. The summed E-state index contributed by atoms with van der Waals surface area (Å²) in [7, 11) is -8.96. The lowest BCUT2D eigenvalue weighted by Crippen LogP contribution is -2.49. The molecular formula is C33H33F5O5S2. The van der Waals surface area contributed by atoms with E-state index in [-0.39, 0.29) is 10.6 Å². The van der Waals surface area contributed by atoms with Gasteiger partial charge in [-0.3, -0.25) is 4.79 Å². The van der Waals surface area contributed by atoms with Crippen molar-refractivity contribution in [2.45, 2.75) is 77.5 Å². The molecular weight excluding hydrogens is 635 g/mol. The fraction of sp³-hybridized carbons (Fsp3) is 0.424. The van der Waals surface area contributed by atoms with Crippen LogP contribution in [0.1, 0.15) is 51.4 Å². The van der Waals surface area contributed by atoms with Crippen molar-refractivity contribution in [1.82, 2.24) is 0 Å². The van der Waals surface area contributed by atoms with Crippen molar-refractivity contribution in [2.75, 3.05) is 0 Å². The molecule has 4 bridgehead atoms. The zero-order valence-electron chi connectivity index (χ0n) is 24.2. The average molecular weight is 669 g/mol. The zero-order chi connectivity index (χ0) is 32.1. The molecule has 0 radical (unpaired) electrons. The van der Waals surface area contributed by atoms with Gasteiger partial charge < -0.3 is 4.74 Å². The summed E-state index contributed by atoms with van der Waals surface area (Å²) in [5, 5.41) is -4.19. The van der Waals surface area contributed by atoms with Gasteiger partial charge in [0.1, 0.15) is 12.2 Å². The molecule has 4 aliphatic rings. The van der Waals surface area contributed by atoms with Crippen LogP contribution in [0.2, 0.25) is 0 Å². The topological polar surface area (TPSA) is 69.7 Å². The Morgan fingerprint density at radius 3 is 1.60 bits per heavy atom. The van der Waals surface area contributed by atoms with Crippen LogP contribution in [0.3, 0.4) is 0 Å². The lowest BCUT2D eigenvalue weighted by molar-refractivity contribution is -0.164. The van der Waals surface area contributed by atoms with E-state index in [1.807, 2.05) is 0 Å². The van der Waals surface area contributed by atoms with Crippen LogP contribution in [0.4, 0.5) is 22.0 Å². The number of rotatable bonds is 10. The number of halogens is 5. The van der Waals surface area contributed by atoms with Crippen molar-refractivity contribution in [1.29, 1.82) is 0 Å². The van der Waals surface area contributed by atoms with E-state index < -0.39 is 56.1 Å². The van der Waals surface area contributed by atoms with Crippen LogP contribution in [0.5, 0.6) is 5.75 Å². The van der Waals surface area contributed by atoms with E-state index in [0.29, 0.717) is 46.8 Å². The molecule has 0 N–H and O–H groups in total. The number of esters is 1. The van der Waals surface area contributed by atoms with Crippen molar-refractivity contribution < 1.29 is 43.5 Å². The maximum Gasteiger partial charge on any atom is 0.399 e. The Bertz CT molecular complexity index is 1550. The molecule has 12 heteroatoms. The third-order valence-corrected chi connectivity index (χ3v) is 14.4. The maximum absolute atomic E-state index is 16.3. The van der Waals surface area contributed by atoms with Gasteiger partial charge in [-0.25, -0.2) is 3.63 Å². The number of benzene rings is 3. The summed E-state index contributed by atoms with van der Waals surface area (Å²) >= 11 is 0. The SMILES string of the molecule is O=C(CC(F)(F)F)Oc1ccc(S(OS(=O)(=O)C(F)(F)CC23CC4CC(CC(C4)C2)C3)(c2ccccc2)c2ccccc2)cc1. The number of alkyl halides is 5. The van der Waals surface area contributed by atoms with Crippen LogP contribution in [0.15, 0.2) is 99.6 Å². The maximum atomic E-state index is 16.3. The van der Waals surface area contributed by atoms with Gasteiger partial charge in [-0.1, -0.05) is 36.4 Å². The third-order valence-electron chi connectivity index (χ3n) is 9.19. The quantitative estimate of drug-likeness (QED) is 0.122. The Morgan fingerprint density at radius 2 is 1.16 bits per heavy atom. The highest BCUT2D eigenvalue weighted by atomic mass is 32.3. The van der Waals surface area contributed by atoms with Crippen LogP contribution >= 0.6 is 10.3 Å². The molecule has 0 unspecified atom stereocenters. The molecule has 4 fully saturated rings. The molecule has 45 heavy (non-hydrogen) atoms. The molecule has 0 saturated heterocycles. The van der Waals surface area contributed by atoms with Crippen LogP contribution in [0.25, 0.3) is 0 Å². The molecule has 0 heterocycles. The lowest BCUT2D eigenvalue weighted by Gasteiger charge is -2.57. The van der Waals surface area contributed by atoms with Gasteiger partial charge in [0, 0.05) is 21.1 Å². The second kappa shape index (κ2) is 11.7. The van der Waals surface area contributed by atoms with E-state index in [2.05, 4.69) is 0 Å². The van der Waals surface area contributed by atoms with Gasteiger partial charge >= 0.3 is 27.5 Å². The molecule has 4 saturated carbocycles. The predicted octanol–water partition coefficient (Wildman–Crippen LogP) is 9.29. The standard InChI is InChI=1S/C33H33F5O5S2/c34-32(35,36)21-30(39)42-26-11-13-29(14-12-26)44(27-7-3-1-4-8-27,28-9-5-2-6-10-28)43-45(40,41)33(37,38)22-31-18-23-15-24(19-31)17-25(16-23)20-31/h1-14,23-25H,15-22H2. The van der Waals surface area contributed by atoms with Crippen molar-refractivity contribution in [3.8, 4) is 5.75 Å². The van der Waals surface area contributed by atoms with Gasteiger partial charge in [0.25, 0.3) is 0 Å². The van der Waals surface area contributed by atoms with Gasteiger partial charge in [-0.15, -0.1) is 0 Å². The fourth-order valence-corrected chi connectivity index (χ4v) is 13.3. The summed E-state index contributed by atoms with van der Waals surface area (Å²) in [6.07, 6.45) is -2.53. The number of carbonyl (C=O) groups excluding carboxylic acids is 1. The Morgan fingerprint density at radius 1 is 0.711 bits per heavy atom. The van der Waals surface area contributed by atoms with Crippen LogP contribution in [-0.4, -0.2) is 25.8 Å². The Kier molecular flexibility index (Phi) is 8.31. The van der Waals surface area contributed by atoms with E-state index in [1.165, 1.54) is 24.3 Å². The first-order valence-corrected chi connectivity index (χ1v) is 17.8. The molecule has 3 aromatic carbocycles. The zero-order valence-corrected chi connectivity index (χ0v) is 25.9. The third kappa shape index (κ3) is 6.51. The number of hydrogen-bond donors (Lipinski definition) is 0. The van der Waals surface area contributed by atoms with Gasteiger partial charge in [-0.2, -0.15) is 30.4 Å². The highest BCUT2D eigenvalue weighted by Crippen LogP contribution is 2.71. The minimum absolute atomic E-state index is 0.171. The normalized spacial score (nSPS) is 25.2. The van der Waals surface area contributed by atoms with Gasteiger partial charge in [-0.05, 0) is 121 Å². The van der Waals surface area contributed by atoms with Crippen LogP contribution in [-0.2, 0) is 18.5 Å². The molecule has 4 aliphatic carbocycles. The smallest absolute Gasteiger partial charge is 0.399 e. The Labute approximate surface area is 260 Å². The molecule has 0 spiro atoms. The number of ether oxygens (including phenoxy) is 1. The molecule has 0 atom stereocenters. The summed E-state index contributed by atoms with van der Waals surface area (Å²) in [6, 6.07) is 21.3. The second-order valence-corrected chi connectivity index (χ2v) is 17.2. The molecule has 0 amide bonds. The minimum atomic E-state index is -5.56. The second-order valence-electron chi connectivity index (χ2n) is 12.7. The number of carbonyl (C=O) groups is 1. The molecule has 0 aromatic heterocycles. The van der Waals surface area contributed by atoms with Gasteiger partial charge in [0.2, 0.25) is 0 Å². The minimum Gasteiger partial charge on any atom is -0.426 e. The molecule has 0 aliphatic heterocycles. The van der Waals surface area contributed by atoms with E-state index in [1.54, 1.807) is 60.7 Å². The first-order valence-electron chi connectivity index (χ1n) is 14.8. The Balaban J connectivity index is 1.39. The lowest BCUT2D eigenvalue weighted by atomic mass is 9.49. The molecule has 7 rings (SSSR count). The highest BCUT2D eigenvalue weighted by Gasteiger charge is 2.60. The largest absolute Gasteiger partial charge is 0.426 e. The highest BCUT2D eigenvalue weighted by molar-refractivity contribution is 8.33. The van der Waals surface area contributed by atoms with Gasteiger partial charge in [0.05, 0.1) is 0 Å². The summed E-state index contributed by atoms with van der Waals surface area (Å²) in [5.74, 6) is -0.714. The van der Waals surface area contributed by atoms with Crippen LogP contribution in [0, 0.1) is 23.2 Å². The van der Waals surface area contributed by atoms with Crippen molar-refractivity contribution >= 4 is 26.4 Å².